The zero-order chi connectivity index (χ0) is 20.9. The van der Waals surface area contributed by atoms with Crippen LogP contribution in [-0.2, 0) is 18.2 Å². The molecule has 1 aromatic carbocycles. The van der Waals surface area contributed by atoms with Crippen LogP contribution in [0.25, 0.3) is 5.69 Å². The monoisotopic (exact) mass is 408 g/mol. The van der Waals surface area contributed by atoms with Crippen LogP contribution in [0.2, 0.25) is 0 Å². The lowest BCUT2D eigenvalue weighted by molar-refractivity contribution is 0.151. The fourth-order valence-electron chi connectivity index (χ4n) is 3.42. The van der Waals surface area contributed by atoms with E-state index in [4.69, 9.17) is 4.74 Å². The second-order valence-corrected chi connectivity index (χ2v) is 7.34. The molecule has 9 heteroatoms. The Hall–Kier alpha value is -3.46. The standard InChI is InChI=1S/C21H24N6O3/c1-26-13-18(12-23-26)27-9-7-20(28)19(25-27)11-15-4-2-5-16(10-15)24-21(29)30-14-17-6-3-8-22-17/h2,4-5,7,9-10,12-13,17,22H,3,6,8,11,14H2,1H3,(H,24,29)/t17-/m0/s1. The molecule has 3 aromatic rings. The molecule has 0 aliphatic carbocycles. The predicted octanol–water partition coefficient (Wildman–Crippen LogP) is 1.86. The number of benzene rings is 1. The lowest BCUT2D eigenvalue weighted by atomic mass is 10.1. The Morgan fingerprint density at radius 3 is 3.03 bits per heavy atom. The number of amides is 1. The van der Waals surface area contributed by atoms with Gasteiger partial charge in [0.2, 0.25) is 5.43 Å². The van der Waals surface area contributed by atoms with Crippen LogP contribution in [0.15, 0.2) is 53.7 Å². The summed E-state index contributed by atoms with van der Waals surface area (Å²) in [4.78, 5) is 24.4. The Balaban J connectivity index is 1.42. The number of carbonyl (C=O) groups is 1. The zero-order valence-corrected chi connectivity index (χ0v) is 16.7. The number of ether oxygens (including phenoxy) is 1. The van der Waals surface area contributed by atoms with E-state index in [-0.39, 0.29) is 11.5 Å². The Morgan fingerprint density at radius 1 is 1.37 bits per heavy atom. The van der Waals surface area contributed by atoms with Crippen LogP contribution in [0.5, 0.6) is 0 Å². The Morgan fingerprint density at radius 2 is 2.27 bits per heavy atom. The third-order valence-electron chi connectivity index (χ3n) is 4.96. The van der Waals surface area contributed by atoms with Gasteiger partial charge < -0.3 is 10.1 Å². The number of nitrogens with zero attached hydrogens (tertiary/aromatic N) is 4. The number of hydrogen-bond donors (Lipinski definition) is 2. The van der Waals surface area contributed by atoms with Crippen molar-refractivity contribution in [3.8, 4) is 5.69 Å². The molecule has 1 amide bonds. The van der Waals surface area contributed by atoms with Crippen LogP contribution in [0.1, 0.15) is 24.1 Å². The first-order valence-electron chi connectivity index (χ1n) is 9.91. The molecule has 30 heavy (non-hydrogen) atoms. The van der Waals surface area contributed by atoms with Gasteiger partial charge >= 0.3 is 6.09 Å². The van der Waals surface area contributed by atoms with Gasteiger partial charge in [-0.3, -0.25) is 14.8 Å². The van der Waals surface area contributed by atoms with Crippen LogP contribution >= 0.6 is 0 Å². The van der Waals surface area contributed by atoms with E-state index in [0.29, 0.717) is 24.4 Å². The largest absolute Gasteiger partial charge is 0.448 e. The summed E-state index contributed by atoms with van der Waals surface area (Å²) in [5.41, 5.74) is 2.51. The predicted molar refractivity (Wildman–Crippen MR) is 112 cm³/mol. The van der Waals surface area contributed by atoms with E-state index in [9.17, 15) is 9.59 Å². The van der Waals surface area contributed by atoms with Gasteiger partial charge in [-0.2, -0.15) is 10.2 Å². The van der Waals surface area contributed by atoms with Gasteiger partial charge in [-0.1, -0.05) is 12.1 Å². The van der Waals surface area contributed by atoms with Crippen molar-refractivity contribution >= 4 is 11.8 Å². The third-order valence-corrected chi connectivity index (χ3v) is 4.96. The van der Waals surface area contributed by atoms with Crippen LogP contribution < -0.4 is 16.1 Å². The average molecular weight is 408 g/mol. The van der Waals surface area contributed by atoms with Gasteiger partial charge in [0.1, 0.15) is 18.0 Å². The second-order valence-electron chi connectivity index (χ2n) is 7.34. The van der Waals surface area contributed by atoms with Gasteiger partial charge in [0, 0.05) is 37.5 Å². The summed E-state index contributed by atoms with van der Waals surface area (Å²) in [5.74, 6) is 0. The lowest BCUT2D eigenvalue weighted by Gasteiger charge is -2.12. The van der Waals surface area contributed by atoms with E-state index in [0.717, 1.165) is 30.6 Å². The van der Waals surface area contributed by atoms with E-state index in [1.54, 1.807) is 27.8 Å². The summed E-state index contributed by atoms with van der Waals surface area (Å²) in [6.45, 7) is 1.32. The molecule has 3 heterocycles. The van der Waals surface area contributed by atoms with Gasteiger partial charge in [-0.15, -0.1) is 0 Å². The fraction of sp³-hybridized carbons (Fsp3) is 0.333. The Labute approximate surface area is 173 Å². The minimum atomic E-state index is -0.488. The number of hydrogen-bond acceptors (Lipinski definition) is 6. The molecule has 0 bridgehead atoms. The van der Waals surface area contributed by atoms with Crippen molar-refractivity contribution in [1.29, 1.82) is 0 Å². The highest BCUT2D eigenvalue weighted by atomic mass is 16.5. The molecule has 1 aliphatic rings. The summed E-state index contributed by atoms with van der Waals surface area (Å²) in [6.07, 6.45) is 7.10. The normalized spacial score (nSPS) is 15.8. The first-order valence-corrected chi connectivity index (χ1v) is 9.91. The molecule has 1 fully saturated rings. The molecule has 156 valence electrons. The summed E-state index contributed by atoms with van der Waals surface area (Å²) >= 11 is 0. The van der Waals surface area contributed by atoms with Crippen molar-refractivity contribution < 1.29 is 9.53 Å². The van der Waals surface area contributed by atoms with Gasteiger partial charge in [0.25, 0.3) is 0 Å². The summed E-state index contributed by atoms with van der Waals surface area (Å²) in [6, 6.07) is 9.04. The van der Waals surface area contributed by atoms with Crippen LogP contribution in [0.4, 0.5) is 10.5 Å². The molecule has 0 saturated carbocycles. The number of aryl methyl sites for hydroxylation is 1. The maximum atomic E-state index is 12.3. The molecule has 1 aliphatic heterocycles. The molecule has 0 spiro atoms. The average Bonchev–Trinajstić information content (AvgIpc) is 3.40. The maximum absolute atomic E-state index is 12.3. The van der Waals surface area contributed by atoms with Crippen LogP contribution in [-0.4, -0.2) is 44.8 Å². The number of carbonyl (C=O) groups excluding carboxylic acids is 1. The SMILES string of the molecule is Cn1cc(-n2ccc(=O)c(Cc3cccc(NC(=O)OC[C@@H]4CCCN4)c3)n2)cn1. The second kappa shape index (κ2) is 8.91. The summed E-state index contributed by atoms with van der Waals surface area (Å²) in [5, 5.41) is 14.6. The maximum Gasteiger partial charge on any atom is 0.411 e. The minimum absolute atomic E-state index is 0.142. The van der Waals surface area contributed by atoms with Crippen molar-refractivity contribution in [2.45, 2.75) is 25.3 Å². The summed E-state index contributed by atoms with van der Waals surface area (Å²) < 4.78 is 8.59. The van der Waals surface area contributed by atoms with Crippen molar-refractivity contribution in [1.82, 2.24) is 24.9 Å². The van der Waals surface area contributed by atoms with Crippen molar-refractivity contribution in [3.05, 3.63) is 70.4 Å². The van der Waals surface area contributed by atoms with E-state index in [2.05, 4.69) is 20.8 Å². The molecular formula is C21H24N6O3. The molecular weight excluding hydrogens is 384 g/mol. The molecule has 2 N–H and O–H groups in total. The minimum Gasteiger partial charge on any atom is -0.448 e. The van der Waals surface area contributed by atoms with Gasteiger partial charge in [0.15, 0.2) is 0 Å². The highest BCUT2D eigenvalue weighted by Crippen LogP contribution is 2.14. The lowest BCUT2D eigenvalue weighted by Crippen LogP contribution is -2.29. The highest BCUT2D eigenvalue weighted by molar-refractivity contribution is 5.84. The molecule has 9 nitrogen and oxygen atoms in total. The number of rotatable bonds is 6. The number of nitrogens with one attached hydrogen (secondary N) is 2. The smallest absolute Gasteiger partial charge is 0.411 e. The van der Waals surface area contributed by atoms with Crippen LogP contribution in [0, 0.1) is 0 Å². The first-order chi connectivity index (χ1) is 14.6. The van der Waals surface area contributed by atoms with Gasteiger partial charge in [-0.25, -0.2) is 9.48 Å². The number of anilines is 1. The zero-order valence-electron chi connectivity index (χ0n) is 16.7. The molecule has 2 aromatic heterocycles. The van der Waals surface area contributed by atoms with Crippen LogP contribution in [0.3, 0.4) is 0 Å². The van der Waals surface area contributed by atoms with Gasteiger partial charge in [-0.05, 0) is 37.1 Å². The fourth-order valence-corrected chi connectivity index (χ4v) is 3.42. The topological polar surface area (TPSA) is 103 Å². The van der Waals surface area contributed by atoms with E-state index >= 15 is 0 Å². The van der Waals surface area contributed by atoms with Crippen molar-refractivity contribution in [3.63, 3.8) is 0 Å². The Kier molecular flexibility index (Phi) is 5.89. The van der Waals surface area contributed by atoms with Crippen molar-refractivity contribution in [2.75, 3.05) is 18.5 Å². The van der Waals surface area contributed by atoms with E-state index < -0.39 is 6.09 Å². The summed E-state index contributed by atoms with van der Waals surface area (Å²) in [7, 11) is 1.82. The van der Waals surface area contributed by atoms with E-state index in [1.807, 2.05) is 31.4 Å². The first kappa shape index (κ1) is 19.8. The third kappa shape index (κ3) is 4.93. The highest BCUT2D eigenvalue weighted by Gasteiger charge is 2.16. The molecule has 1 saturated heterocycles. The number of aromatic nitrogens is 4. The molecule has 0 unspecified atom stereocenters. The Bertz CT molecular complexity index is 1080. The van der Waals surface area contributed by atoms with Gasteiger partial charge in [0.05, 0.1) is 12.4 Å². The van der Waals surface area contributed by atoms with E-state index in [1.165, 1.54) is 6.07 Å². The molecule has 4 rings (SSSR count). The molecule has 0 radical (unpaired) electrons. The quantitative estimate of drug-likeness (QED) is 0.645. The molecule has 1 atom stereocenters. The van der Waals surface area contributed by atoms with Crippen molar-refractivity contribution in [2.24, 2.45) is 7.05 Å².